The van der Waals surface area contributed by atoms with E-state index >= 15 is 0 Å². The van der Waals surface area contributed by atoms with Crippen LogP contribution in [-0.4, -0.2) is 29.1 Å². The van der Waals surface area contributed by atoms with E-state index in [1.807, 2.05) is 54.6 Å². The molecular formula is C28H37N3O5. The smallest absolute Gasteiger partial charge is 0.328 e. The van der Waals surface area contributed by atoms with Crippen molar-refractivity contribution in [2.75, 3.05) is 5.32 Å². The summed E-state index contributed by atoms with van der Waals surface area (Å²) < 4.78 is 5.78. The molecule has 0 spiro atoms. The molecular weight excluding hydrogens is 458 g/mol. The zero-order valence-corrected chi connectivity index (χ0v) is 20.7. The van der Waals surface area contributed by atoms with Crippen molar-refractivity contribution in [3.63, 3.8) is 0 Å². The van der Waals surface area contributed by atoms with Crippen molar-refractivity contribution >= 4 is 23.5 Å². The molecule has 4 N–H and O–H groups in total. The van der Waals surface area contributed by atoms with Crippen LogP contribution in [0, 0.1) is 0 Å². The van der Waals surface area contributed by atoms with Gasteiger partial charge >= 0.3 is 5.97 Å². The summed E-state index contributed by atoms with van der Waals surface area (Å²) in [6.07, 6.45) is 7.82. The molecule has 3 rings (SSSR count). The molecule has 8 heteroatoms. The van der Waals surface area contributed by atoms with Crippen LogP contribution in [0.5, 0.6) is 0 Å². The van der Waals surface area contributed by atoms with E-state index < -0.39 is 6.04 Å². The quantitative estimate of drug-likeness (QED) is 0.130. The van der Waals surface area contributed by atoms with Gasteiger partial charge in [-0.25, -0.2) is 10.3 Å². The highest BCUT2D eigenvalue weighted by Gasteiger charge is 2.26. The lowest BCUT2D eigenvalue weighted by molar-refractivity contribution is -0.151. The Morgan fingerprint density at radius 3 is 2.28 bits per heavy atom. The van der Waals surface area contributed by atoms with E-state index in [4.69, 9.17) is 9.94 Å². The molecule has 1 atom stereocenters. The van der Waals surface area contributed by atoms with E-state index in [1.54, 1.807) is 5.48 Å². The van der Waals surface area contributed by atoms with Crippen molar-refractivity contribution in [3.8, 4) is 0 Å². The van der Waals surface area contributed by atoms with Gasteiger partial charge in [-0.3, -0.25) is 20.1 Å². The Kier molecular flexibility index (Phi) is 11.4. The summed E-state index contributed by atoms with van der Waals surface area (Å²) in [5, 5.41) is 14.8. The highest BCUT2D eigenvalue weighted by Crippen LogP contribution is 2.24. The SMILES string of the molecule is O=C(CCCCCCC(=O)Nc1cccc(CN[C@H](C(=O)OC2CCCC2)c2ccccc2)c1)NO. The molecule has 0 heterocycles. The Morgan fingerprint density at radius 1 is 0.889 bits per heavy atom. The Bertz CT molecular complexity index is 976. The van der Waals surface area contributed by atoms with Gasteiger partial charge < -0.3 is 10.1 Å². The lowest BCUT2D eigenvalue weighted by Crippen LogP contribution is -2.32. The maximum absolute atomic E-state index is 13.0. The van der Waals surface area contributed by atoms with Crippen molar-refractivity contribution in [3.05, 3.63) is 65.7 Å². The molecule has 0 aromatic heterocycles. The standard InChI is InChI=1S/C28H37N3O5/c32-25(17-6-1-2-7-18-26(33)31-35)30-23-14-10-11-21(19-23)20-29-27(22-12-4-3-5-13-22)28(34)36-24-15-8-9-16-24/h3-5,10-14,19,24,27,29,35H,1-2,6-9,15-18,20H2,(H,30,32)(H,31,33)/t27-/m0/s1. The molecule has 0 bridgehead atoms. The van der Waals surface area contributed by atoms with E-state index in [1.165, 1.54) is 0 Å². The third-order valence-electron chi connectivity index (χ3n) is 6.36. The summed E-state index contributed by atoms with van der Waals surface area (Å²) in [6, 6.07) is 16.6. The molecule has 2 amide bonds. The molecule has 1 aliphatic rings. The van der Waals surface area contributed by atoms with Gasteiger partial charge in [0.2, 0.25) is 11.8 Å². The summed E-state index contributed by atoms with van der Waals surface area (Å²) in [6.45, 7) is 0.449. The Hall–Kier alpha value is -3.23. The Morgan fingerprint density at radius 2 is 1.58 bits per heavy atom. The Balaban J connectivity index is 1.48. The zero-order valence-electron chi connectivity index (χ0n) is 20.7. The summed E-state index contributed by atoms with van der Waals surface area (Å²) >= 11 is 0. The predicted octanol–water partition coefficient (Wildman–Crippen LogP) is 4.79. The minimum absolute atomic E-state index is 0.00379. The first-order chi connectivity index (χ1) is 17.5. The van der Waals surface area contributed by atoms with Gasteiger partial charge in [-0.15, -0.1) is 0 Å². The van der Waals surface area contributed by atoms with Crippen LogP contribution >= 0.6 is 0 Å². The molecule has 1 saturated carbocycles. The number of anilines is 1. The number of nitrogens with one attached hydrogen (secondary N) is 3. The molecule has 0 saturated heterocycles. The average molecular weight is 496 g/mol. The van der Waals surface area contributed by atoms with Gasteiger partial charge in [-0.2, -0.15) is 0 Å². The number of hydrogen-bond donors (Lipinski definition) is 4. The van der Waals surface area contributed by atoms with Crippen molar-refractivity contribution in [1.82, 2.24) is 10.8 Å². The lowest BCUT2D eigenvalue weighted by Gasteiger charge is -2.21. The first kappa shape index (κ1) is 27.4. The predicted molar refractivity (Wildman–Crippen MR) is 137 cm³/mol. The van der Waals surface area contributed by atoms with E-state index in [2.05, 4.69) is 10.6 Å². The minimum atomic E-state index is -0.562. The van der Waals surface area contributed by atoms with Crippen LogP contribution in [0.3, 0.4) is 0 Å². The number of ether oxygens (including phenoxy) is 1. The second kappa shape index (κ2) is 15.0. The van der Waals surface area contributed by atoms with Crippen LogP contribution in [0.1, 0.15) is 81.4 Å². The van der Waals surface area contributed by atoms with E-state index in [9.17, 15) is 14.4 Å². The van der Waals surface area contributed by atoms with E-state index in [-0.39, 0.29) is 30.3 Å². The lowest BCUT2D eigenvalue weighted by atomic mass is 10.1. The fourth-order valence-electron chi connectivity index (χ4n) is 4.40. The normalized spacial score (nSPS) is 14.2. The van der Waals surface area contributed by atoms with Crippen LogP contribution in [-0.2, 0) is 25.7 Å². The van der Waals surface area contributed by atoms with Gasteiger partial charge in [0.1, 0.15) is 12.1 Å². The molecule has 0 unspecified atom stereocenters. The number of hydrogen-bond acceptors (Lipinski definition) is 6. The minimum Gasteiger partial charge on any atom is -0.461 e. The van der Waals surface area contributed by atoms with Gasteiger partial charge in [0, 0.05) is 25.1 Å². The zero-order chi connectivity index (χ0) is 25.6. The Labute approximate surface area is 212 Å². The van der Waals surface area contributed by atoms with Crippen molar-refractivity contribution in [2.24, 2.45) is 0 Å². The second-order valence-electron chi connectivity index (χ2n) is 9.27. The van der Waals surface area contributed by atoms with Crippen LogP contribution < -0.4 is 16.1 Å². The van der Waals surface area contributed by atoms with Crippen LogP contribution in [0.4, 0.5) is 5.69 Å². The first-order valence-electron chi connectivity index (χ1n) is 12.9. The molecule has 194 valence electrons. The van der Waals surface area contributed by atoms with Crippen molar-refractivity contribution < 1.29 is 24.3 Å². The maximum atomic E-state index is 13.0. The van der Waals surface area contributed by atoms with Crippen LogP contribution in [0.15, 0.2) is 54.6 Å². The molecule has 0 radical (unpaired) electrons. The van der Waals surface area contributed by atoms with Crippen molar-refractivity contribution in [1.29, 1.82) is 0 Å². The number of benzene rings is 2. The fourth-order valence-corrected chi connectivity index (χ4v) is 4.40. The number of hydroxylamine groups is 1. The number of rotatable bonds is 14. The van der Waals surface area contributed by atoms with Crippen LogP contribution in [0.25, 0.3) is 0 Å². The van der Waals surface area contributed by atoms with Gasteiger partial charge in [-0.05, 0) is 61.8 Å². The summed E-state index contributed by atoms with van der Waals surface area (Å²) in [4.78, 5) is 36.3. The highest BCUT2D eigenvalue weighted by atomic mass is 16.5. The molecule has 0 aliphatic heterocycles. The monoisotopic (exact) mass is 495 g/mol. The molecule has 2 aromatic carbocycles. The third kappa shape index (κ3) is 9.43. The maximum Gasteiger partial charge on any atom is 0.328 e. The highest BCUT2D eigenvalue weighted by molar-refractivity contribution is 5.90. The number of unbranched alkanes of at least 4 members (excludes halogenated alkanes) is 3. The average Bonchev–Trinajstić information content (AvgIpc) is 3.40. The van der Waals surface area contributed by atoms with E-state index in [0.29, 0.717) is 25.1 Å². The molecule has 1 fully saturated rings. The third-order valence-corrected chi connectivity index (χ3v) is 6.36. The number of carbonyl (C=O) groups excluding carboxylic acids is 3. The molecule has 8 nitrogen and oxygen atoms in total. The second-order valence-corrected chi connectivity index (χ2v) is 9.27. The number of esters is 1. The van der Waals surface area contributed by atoms with Gasteiger partial charge in [0.05, 0.1) is 0 Å². The number of amides is 2. The fraction of sp³-hybridized carbons (Fsp3) is 0.464. The molecule has 2 aromatic rings. The van der Waals surface area contributed by atoms with Gasteiger partial charge in [0.15, 0.2) is 0 Å². The summed E-state index contributed by atoms with van der Waals surface area (Å²) in [5.41, 5.74) is 4.14. The van der Waals surface area contributed by atoms with Crippen molar-refractivity contribution in [2.45, 2.75) is 82.9 Å². The summed E-state index contributed by atoms with van der Waals surface area (Å²) in [5.74, 6) is -0.701. The van der Waals surface area contributed by atoms with E-state index in [0.717, 1.165) is 56.1 Å². The van der Waals surface area contributed by atoms with Gasteiger partial charge in [-0.1, -0.05) is 55.3 Å². The molecule has 36 heavy (non-hydrogen) atoms. The molecule has 1 aliphatic carbocycles. The largest absolute Gasteiger partial charge is 0.461 e. The summed E-state index contributed by atoms with van der Waals surface area (Å²) in [7, 11) is 0. The topological polar surface area (TPSA) is 117 Å². The first-order valence-corrected chi connectivity index (χ1v) is 12.9. The van der Waals surface area contributed by atoms with Crippen LogP contribution in [0.2, 0.25) is 0 Å². The van der Waals surface area contributed by atoms with Gasteiger partial charge in [0.25, 0.3) is 0 Å². The number of carbonyl (C=O) groups is 3.